The number of aromatic nitrogens is 2. The van der Waals surface area contributed by atoms with Gasteiger partial charge >= 0.3 is 0 Å². The van der Waals surface area contributed by atoms with Gasteiger partial charge in [-0.1, -0.05) is 30.3 Å². The third kappa shape index (κ3) is 3.81. The summed E-state index contributed by atoms with van der Waals surface area (Å²) in [6.45, 7) is 3.08. The van der Waals surface area contributed by atoms with Gasteiger partial charge in [-0.25, -0.2) is 0 Å². The molecule has 1 saturated heterocycles. The number of carbonyl (C=O) groups is 1. The van der Waals surface area contributed by atoms with Crippen molar-refractivity contribution in [1.29, 1.82) is 0 Å². The lowest BCUT2D eigenvalue weighted by Crippen LogP contribution is -2.49. The number of carbonyl (C=O) groups excluding carboxylic acids is 1. The molecule has 0 atom stereocenters. The predicted molar refractivity (Wildman–Crippen MR) is 124 cm³/mol. The first-order chi connectivity index (χ1) is 15.2. The minimum atomic E-state index is 0.195. The molecule has 0 radical (unpaired) electrons. The van der Waals surface area contributed by atoms with E-state index in [9.17, 15) is 4.79 Å². The number of H-pyrrole nitrogens is 1. The maximum absolute atomic E-state index is 12.8. The number of para-hydroxylation sites is 3. The van der Waals surface area contributed by atoms with Crippen molar-refractivity contribution in [2.24, 2.45) is 0 Å². The molecule has 0 bridgehead atoms. The number of rotatable bonds is 5. The number of pyridine rings is 1. The zero-order valence-electron chi connectivity index (χ0n) is 17.7. The Labute approximate surface area is 181 Å². The van der Waals surface area contributed by atoms with Gasteiger partial charge in [0.2, 0.25) is 5.91 Å². The second-order valence-electron chi connectivity index (χ2n) is 7.93. The van der Waals surface area contributed by atoms with Crippen molar-refractivity contribution in [2.45, 2.75) is 12.8 Å². The molecule has 2 aromatic heterocycles. The highest BCUT2D eigenvalue weighted by atomic mass is 16.5. The monoisotopic (exact) mass is 414 g/mol. The molecule has 2 aromatic carbocycles. The highest BCUT2D eigenvalue weighted by molar-refractivity contribution is 6.06. The fourth-order valence-electron chi connectivity index (χ4n) is 4.41. The molecule has 0 saturated carbocycles. The number of piperazine rings is 1. The summed E-state index contributed by atoms with van der Waals surface area (Å²) in [6.07, 6.45) is 3.01. The number of ether oxygens (including phenoxy) is 1. The zero-order valence-corrected chi connectivity index (χ0v) is 17.7. The Hall–Kier alpha value is -3.54. The van der Waals surface area contributed by atoms with E-state index in [1.807, 2.05) is 41.4 Å². The fourth-order valence-corrected chi connectivity index (χ4v) is 4.41. The number of aryl methyl sites for hydroxylation is 1. The summed E-state index contributed by atoms with van der Waals surface area (Å²) >= 11 is 0. The molecule has 0 unspecified atom stereocenters. The lowest BCUT2D eigenvalue weighted by molar-refractivity contribution is -0.131. The number of aromatic amines is 1. The highest BCUT2D eigenvalue weighted by Crippen LogP contribution is 2.28. The molecule has 4 aromatic rings. The van der Waals surface area contributed by atoms with Crippen LogP contribution in [0, 0.1) is 0 Å². The molecule has 6 heteroatoms. The average Bonchev–Trinajstić information content (AvgIpc) is 3.20. The minimum Gasteiger partial charge on any atom is -0.495 e. The van der Waals surface area contributed by atoms with Gasteiger partial charge in [0.25, 0.3) is 0 Å². The fraction of sp³-hybridized carbons (Fsp3) is 0.280. The lowest BCUT2D eigenvalue weighted by atomic mass is 10.1. The van der Waals surface area contributed by atoms with Crippen molar-refractivity contribution in [1.82, 2.24) is 14.9 Å². The smallest absolute Gasteiger partial charge is 0.223 e. The number of nitrogens with one attached hydrogen (secondary N) is 1. The maximum Gasteiger partial charge on any atom is 0.223 e. The number of nitrogens with zero attached hydrogens (tertiary/aromatic N) is 3. The second-order valence-corrected chi connectivity index (χ2v) is 7.93. The third-order valence-electron chi connectivity index (χ3n) is 6.10. The van der Waals surface area contributed by atoms with Crippen LogP contribution in [0.15, 0.2) is 60.8 Å². The number of anilines is 1. The second kappa shape index (κ2) is 8.30. The Balaban J connectivity index is 1.21. The molecular formula is C25H26N4O2. The predicted octanol–water partition coefficient (Wildman–Crippen LogP) is 4.01. The Morgan fingerprint density at radius 1 is 1.00 bits per heavy atom. The van der Waals surface area contributed by atoms with Crippen molar-refractivity contribution in [3.63, 3.8) is 0 Å². The van der Waals surface area contributed by atoms with E-state index in [4.69, 9.17) is 4.74 Å². The van der Waals surface area contributed by atoms with Crippen molar-refractivity contribution >= 4 is 33.4 Å². The molecule has 1 aliphatic rings. The number of fused-ring (bicyclic) bond motifs is 3. The minimum absolute atomic E-state index is 0.195. The van der Waals surface area contributed by atoms with E-state index >= 15 is 0 Å². The van der Waals surface area contributed by atoms with Crippen LogP contribution in [-0.4, -0.2) is 54.1 Å². The molecule has 0 aliphatic carbocycles. The SMILES string of the molecule is COc1ccccc1N1CCN(C(=O)CCc2cc3c(cn2)[nH]c2ccccc23)CC1. The number of hydrogen-bond donors (Lipinski definition) is 1. The Bertz CT molecular complexity index is 1220. The molecule has 6 nitrogen and oxygen atoms in total. The van der Waals surface area contributed by atoms with Gasteiger partial charge in [-0.3, -0.25) is 9.78 Å². The van der Waals surface area contributed by atoms with E-state index in [-0.39, 0.29) is 5.91 Å². The molecule has 0 spiro atoms. The van der Waals surface area contributed by atoms with Crippen LogP contribution < -0.4 is 9.64 Å². The topological polar surface area (TPSA) is 61.5 Å². The van der Waals surface area contributed by atoms with Gasteiger partial charge in [0, 0.05) is 54.6 Å². The molecule has 3 heterocycles. The van der Waals surface area contributed by atoms with Gasteiger partial charge in [0.1, 0.15) is 5.75 Å². The Morgan fingerprint density at radius 2 is 1.77 bits per heavy atom. The van der Waals surface area contributed by atoms with Gasteiger partial charge in [0.15, 0.2) is 0 Å². The van der Waals surface area contributed by atoms with Crippen LogP contribution >= 0.6 is 0 Å². The lowest BCUT2D eigenvalue weighted by Gasteiger charge is -2.36. The first-order valence-electron chi connectivity index (χ1n) is 10.7. The van der Waals surface area contributed by atoms with Gasteiger partial charge in [-0.15, -0.1) is 0 Å². The highest BCUT2D eigenvalue weighted by Gasteiger charge is 2.22. The van der Waals surface area contributed by atoms with Crippen molar-refractivity contribution in [3.8, 4) is 5.75 Å². The van der Waals surface area contributed by atoms with E-state index < -0.39 is 0 Å². The van der Waals surface area contributed by atoms with Crippen LogP contribution in [0.3, 0.4) is 0 Å². The van der Waals surface area contributed by atoms with Crippen molar-refractivity contribution in [2.75, 3.05) is 38.2 Å². The summed E-state index contributed by atoms with van der Waals surface area (Å²) in [7, 11) is 1.69. The summed E-state index contributed by atoms with van der Waals surface area (Å²) in [6, 6.07) is 18.4. The number of benzene rings is 2. The van der Waals surface area contributed by atoms with Gasteiger partial charge in [-0.2, -0.15) is 0 Å². The molecule has 31 heavy (non-hydrogen) atoms. The quantitative estimate of drug-likeness (QED) is 0.536. The first kappa shape index (κ1) is 19.4. The zero-order chi connectivity index (χ0) is 21.2. The van der Waals surface area contributed by atoms with Crippen LogP contribution in [-0.2, 0) is 11.2 Å². The molecular weight excluding hydrogens is 388 g/mol. The average molecular weight is 415 g/mol. The maximum atomic E-state index is 12.8. The number of methoxy groups -OCH3 is 1. The van der Waals surface area contributed by atoms with Crippen LogP contribution in [0.4, 0.5) is 5.69 Å². The summed E-state index contributed by atoms with van der Waals surface area (Å²) in [5.74, 6) is 1.07. The van der Waals surface area contributed by atoms with Crippen LogP contribution in [0.5, 0.6) is 5.75 Å². The summed E-state index contributed by atoms with van der Waals surface area (Å²) in [5, 5.41) is 2.36. The standard InChI is InChI=1S/C25H26N4O2/c1-31-24-9-5-4-8-23(24)28-12-14-29(15-13-28)25(30)11-10-18-16-20-19-6-2-3-7-21(19)27-22(20)17-26-18/h2-9,16-17,27H,10-15H2,1H3. The van der Waals surface area contributed by atoms with E-state index in [1.54, 1.807) is 7.11 Å². The third-order valence-corrected chi connectivity index (χ3v) is 6.10. The van der Waals surface area contributed by atoms with Crippen LogP contribution in [0.25, 0.3) is 21.8 Å². The van der Waals surface area contributed by atoms with E-state index in [2.05, 4.69) is 39.1 Å². The Morgan fingerprint density at radius 3 is 2.61 bits per heavy atom. The van der Waals surface area contributed by atoms with Gasteiger partial charge in [-0.05, 0) is 30.7 Å². The van der Waals surface area contributed by atoms with Gasteiger partial charge < -0.3 is 19.5 Å². The van der Waals surface area contributed by atoms with Crippen molar-refractivity contribution in [3.05, 3.63) is 66.5 Å². The first-order valence-corrected chi connectivity index (χ1v) is 10.7. The van der Waals surface area contributed by atoms with E-state index in [0.29, 0.717) is 12.8 Å². The molecule has 158 valence electrons. The van der Waals surface area contributed by atoms with E-state index in [0.717, 1.165) is 54.3 Å². The molecule has 1 fully saturated rings. The normalized spacial score (nSPS) is 14.4. The van der Waals surface area contributed by atoms with Crippen LogP contribution in [0.1, 0.15) is 12.1 Å². The van der Waals surface area contributed by atoms with E-state index in [1.165, 1.54) is 10.8 Å². The largest absolute Gasteiger partial charge is 0.495 e. The molecule has 1 aliphatic heterocycles. The number of hydrogen-bond acceptors (Lipinski definition) is 4. The van der Waals surface area contributed by atoms with Gasteiger partial charge in [0.05, 0.1) is 24.5 Å². The molecule has 5 rings (SSSR count). The number of amides is 1. The summed E-state index contributed by atoms with van der Waals surface area (Å²) in [5.41, 5.74) is 4.19. The summed E-state index contributed by atoms with van der Waals surface area (Å²) < 4.78 is 5.48. The Kier molecular flexibility index (Phi) is 5.20. The van der Waals surface area contributed by atoms with Crippen molar-refractivity contribution < 1.29 is 9.53 Å². The molecule has 1 amide bonds. The molecule has 1 N–H and O–H groups in total. The van der Waals surface area contributed by atoms with Crippen LogP contribution in [0.2, 0.25) is 0 Å². The summed E-state index contributed by atoms with van der Waals surface area (Å²) in [4.78, 5) is 25.0.